The molecule has 0 saturated heterocycles. The van der Waals surface area contributed by atoms with Gasteiger partial charge in [0, 0.05) is 32.9 Å². The molecule has 0 radical (unpaired) electrons. The van der Waals surface area contributed by atoms with Gasteiger partial charge in [0.2, 0.25) is 0 Å². The van der Waals surface area contributed by atoms with Gasteiger partial charge in [-0.25, -0.2) is 0 Å². The third-order valence-electron chi connectivity index (χ3n) is 2.98. The van der Waals surface area contributed by atoms with Gasteiger partial charge in [-0.3, -0.25) is 4.90 Å². The Morgan fingerprint density at radius 3 is 2.59 bits per heavy atom. The monoisotopic (exact) mass is 237 g/mol. The first-order chi connectivity index (χ1) is 8.29. The Hall–Kier alpha value is -0.900. The van der Waals surface area contributed by atoms with Crippen LogP contribution in [0.4, 0.5) is 0 Å². The van der Waals surface area contributed by atoms with Crippen molar-refractivity contribution in [3.63, 3.8) is 0 Å². The standard InChI is InChI=1S/C14H23NO2/c1-15(10-6-12-17-2)14(9-11-16)13-7-4-3-5-8-13/h3-5,7-8,14,16H,6,9-12H2,1-2H3. The van der Waals surface area contributed by atoms with E-state index in [-0.39, 0.29) is 12.6 Å². The molecule has 0 spiro atoms. The van der Waals surface area contributed by atoms with Crippen molar-refractivity contribution in [2.24, 2.45) is 0 Å². The highest BCUT2D eigenvalue weighted by atomic mass is 16.5. The third kappa shape index (κ3) is 4.86. The predicted octanol–water partition coefficient (Wildman–Crippen LogP) is 2.08. The van der Waals surface area contributed by atoms with Crippen LogP contribution in [0.2, 0.25) is 0 Å². The van der Waals surface area contributed by atoms with Gasteiger partial charge in [-0.05, 0) is 25.5 Å². The van der Waals surface area contributed by atoms with Gasteiger partial charge in [-0.2, -0.15) is 0 Å². The summed E-state index contributed by atoms with van der Waals surface area (Å²) in [4.78, 5) is 2.28. The van der Waals surface area contributed by atoms with E-state index in [0.29, 0.717) is 0 Å². The summed E-state index contributed by atoms with van der Waals surface area (Å²) in [6.45, 7) is 1.98. The van der Waals surface area contributed by atoms with Crippen LogP contribution in [-0.4, -0.2) is 43.9 Å². The van der Waals surface area contributed by atoms with Gasteiger partial charge in [0.15, 0.2) is 0 Å². The fraction of sp³-hybridized carbons (Fsp3) is 0.571. The van der Waals surface area contributed by atoms with Crippen molar-refractivity contribution in [3.8, 4) is 0 Å². The molecular formula is C14H23NO2. The average molecular weight is 237 g/mol. The number of hydrogen-bond donors (Lipinski definition) is 1. The van der Waals surface area contributed by atoms with Crippen LogP contribution in [0.15, 0.2) is 30.3 Å². The smallest absolute Gasteiger partial charge is 0.0474 e. The largest absolute Gasteiger partial charge is 0.396 e. The van der Waals surface area contributed by atoms with E-state index < -0.39 is 0 Å². The zero-order chi connectivity index (χ0) is 12.5. The molecule has 0 heterocycles. The summed E-state index contributed by atoms with van der Waals surface area (Å²) in [5, 5.41) is 9.17. The Morgan fingerprint density at radius 1 is 1.29 bits per heavy atom. The van der Waals surface area contributed by atoms with Crippen LogP contribution in [0.5, 0.6) is 0 Å². The number of benzene rings is 1. The van der Waals surface area contributed by atoms with Crippen molar-refractivity contribution < 1.29 is 9.84 Å². The molecule has 0 aromatic heterocycles. The maximum Gasteiger partial charge on any atom is 0.0474 e. The van der Waals surface area contributed by atoms with Crippen molar-refractivity contribution in [1.82, 2.24) is 4.90 Å². The van der Waals surface area contributed by atoms with E-state index in [1.807, 2.05) is 18.2 Å². The molecule has 96 valence electrons. The second-order valence-corrected chi connectivity index (χ2v) is 4.27. The van der Waals surface area contributed by atoms with Crippen LogP contribution in [0, 0.1) is 0 Å². The minimum Gasteiger partial charge on any atom is -0.396 e. The topological polar surface area (TPSA) is 32.7 Å². The predicted molar refractivity (Wildman–Crippen MR) is 70.0 cm³/mol. The molecule has 1 unspecified atom stereocenters. The molecule has 0 aliphatic heterocycles. The van der Waals surface area contributed by atoms with Gasteiger partial charge in [0.05, 0.1) is 0 Å². The maximum atomic E-state index is 9.17. The Labute approximate surface area is 104 Å². The number of nitrogens with zero attached hydrogens (tertiary/aromatic N) is 1. The van der Waals surface area contributed by atoms with E-state index in [1.165, 1.54) is 5.56 Å². The average Bonchev–Trinajstić information content (AvgIpc) is 2.37. The van der Waals surface area contributed by atoms with Crippen LogP contribution in [0.1, 0.15) is 24.4 Å². The molecule has 1 N–H and O–H groups in total. The molecule has 0 saturated carbocycles. The maximum absolute atomic E-state index is 9.17. The van der Waals surface area contributed by atoms with E-state index in [1.54, 1.807) is 7.11 Å². The van der Waals surface area contributed by atoms with Gasteiger partial charge in [0.25, 0.3) is 0 Å². The lowest BCUT2D eigenvalue weighted by atomic mass is 10.0. The highest BCUT2D eigenvalue weighted by Gasteiger charge is 2.15. The van der Waals surface area contributed by atoms with E-state index in [4.69, 9.17) is 9.84 Å². The first kappa shape index (κ1) is 14.2. The van der Waals surface area contributed by atoms with Gasteiger partial charge >= 0.3 is 0 Å². The van der Waals surface area contributed by atoms with Gasteiger partial charge in [0.1, 0.15) is 0 Å². The number of methoxy groups -OCH3 is 1. The number of aliphatic hydroxyl groups excluding tert-OH is 1. The summed E-state index contributed by atoms with van der Waals surface area (Å²) in [5.74, 6) is 0. The van der Waals surface area contributed by atoms with Crippen LogP contribution < -0.4 is 0 Å². The zero-order valence-corrected chi connectivity index (χ0v) is 10.8. The van der Waals surface area contributed by atoms with E-state index in [2.05, 4.69) is 24.1 Å². The Morgan fingerprint density at radius 2 is 2.00 bits per heavy atom. The summed E-state index contributed by atoms with van der Waals surface area (Å²) >= 11 is 0. The second-order valence-electron chi connectivity index (χ2n) is 4.27. The molecular weight excluding hydrogens is 214 g/mol. The highest BCUT2D eigenvalue weighted by Crippen LogP contribution is 2.22. The van der Waals surface area contributed by atoms with Crippen molar-refractivity contribution in [1.29, 1.82) is 0 Å². The number of ether oxygens (including phenoxy) is 1. The first-order valence-corrected chi connectivity index (χ1v) is 6.14. The van der Waals surface area contributed by atoms with Crippen LogP contribution >= 0.6 is 0 Å². The third-order valence-corrected chi connectivity index (χ3v) is 2.98. The second kappa shape index (κ2) is 8.23. The molecule has 0 bridgehead atoms. The Kier molecular flexibility index (Phi) is 6.86. The van der Waals surface area contributed by atoms with Crippen molar-refractivity contribution in [2.45, 2.75) is 18.9 Å². The summed E-state index contributed by atoms with van der Waals surface area (Å²) < 4.78 is 5.06. The van der Waals surface area contributed by atoms with Crippen molar-refractivity contribution >= 4 is 0 Å². The molecule has 3 heteroatoms. The molecule has 3 nitrogen and oxygen atoms in total. The minimum absolute atomic E-state index is 0.216. The van der Waals surface area contributed by atoms with Crippen LogP contribution in [0.3, 0.4) is 0 Å². The Balaban J connectivity index is 2.58. The lowest BCUT2D eigenvalue weighted by molar-refractivity contribution is 0.150. The normalized spacial score (nSPS) is 12.9. The SMILES string of the molecule is COCCCN(C)C(CCO)c1ccccc1. The lowest BCUT2D eigenvalue weighted by Crippen LogP contribution is -2.27. The molecule has 1 aromatic rings. The van der Waals surface area contributed by atoms with Gasteiger partial charge < -0.3 is 9.84 Å². The quantitative estimate of drug-likeness (QED) is 0.703. The van der Waals surface area contributed by atoms with E-state index >= 15 is 0 Å². The summed E-state index contributed by atoms with van der Waals surface area (Å²) in [7, 11) is 3.82. The molecule has 1 atom stereocenters. The fourth-order valence-electron chi connectivity index (χ4n) is 2.05. The molecule has 0 fully saturated rings. The molecule has 1 aromatic carbocycles. The number of hydrogen-bond acceptors (Lipinski definition) is 3. The van der Waals surface area contributed by atoms with Crippen molar-refractivity contribution in [3.05, 3.63) is 35.9 Å². The lowest BCUT2D eigenvalue weighted by Gasteiger charge is -2.28. The molecule has 0 amide bonds. The number of rotatable bonds is 8. The number of aliphatic hydroxyl groups is 1. The Bertz CT molecular complexity index is 290. The zero-order valence-electron chi connectivity index (χ0n) is 10.8. The van der Waals surface area contributed by atoms with E-state index in [0.717, 1.165) is 26.0 Å². The fourth-order valence-corrected chi connectivity index (χ4v) is 2.05. The van der Waals surface area contributed by atoms with Crippen molar-refractivity contribution in [2.75, 3.05) is 33.9 Å². The summed E-state index contributed by atoms with van der Waals surface area (Å²) in [6, 6.07) is 10.6. The first-order valence-electron chi connectivity index (χ1n) is 6.14. The van der Waals surface area contributed by atoms with Crippen LogP contribution in [-0.2, 0) is 4.74 Å². The minimum atomic E-state index is 0.216. The van der Waals surface area contributed by atoms with Crippen LogP contribution in [0.25, 0.3) is 0 Å². The molecule has 0 aliphatic rings. The molecule has 1 rings (SSSR count). The highest BCUT2D eigenvalue weighted by molar-refractivity contribution is 5.18. The summed E-state index contributed by atoms with van der Waals surface area (Å²) in [6.07, 6.45) is 1.79. The van der Waals surface area contributed by atoms with Gasteiger partial charge in [-0.1, -0.05) is 30.3 Å². The molecule has 0 aliphatic carbocycles. The van der Waals surface area contributed by atoms with E-state index in [9.17, 15) is 0 Å². The van der Waals surface area contributed by atoms with Gasteiger partial charge in [-0.15, -0.1) is 0 Å². The summed E-state index contributed by atoms with van der Waals surface area (Å²) in [5.41, 5.74) is 1.27. The molecule has 17 heavy (non-hydrogen) atoms.